The second-order valence-electron chi connectivity index (χ2n) is 4.03. The second-order valence-corrected chi connectivity index (χ2v) is 4.03. The molecular formula is C17H17N. The van der Waals surface area contributed by atoms with Crippen LogP contribution in [0.15, 0.2) is 71.7 Å². The number of aliphatic imine (C=N–C) groups is 1. The molecule has 0 amide bonds. The van der Waals surface area contributed by atoms with Gasteiger partial charge in [0.25, 0.3) is 0 Å². The van der Waals surface area contributed by atoms with E-state index in [1.807, 2.05) is 42.6 Å². The molecule has 0 bridgehead atoms. The maximum Gasteiger partial charge on any atom is 0.0629 e. The minimum Gasteiger partial charge on any atom is -0.257 e. The van der Waals surface area contributed by atoms with E-state index in [0.29, 0.717) is 0 Å². The first kappa shape index (κ1) is 12.3. The lowest BCUT2D eigenvalue weighted by atomic mass is 10.0. The molecule has 1 heteroatoms. The molecule has 0 radical (unpaired) electrons. The van der Waals surface area contributed by atoms with Gasteiger partial charge in [0.05, 0.1) is 5.69 Å². The zero-order chi connectivity index (χ0) is 12.6. The summed E-state index contributed by atoms with van der Waals surface area (Å²) in [5, 5.41) is 0. The molecule has 0 aliphatic rings. The van der Waals surface area contributed by atoms with Crippen molar-refractivity contribution in [1.82, 2.24) is 0 Å². The van der Waals surface area contributed by atoms with Crippen molar-refractivity contribution in [3.05, 3.63) is 72.3 Å². The van der Waals surface area contributed by atoms with Crippen LogP contribution in [-0.4, -0.2) is 6.21 Å². The van der Waals surface area contributed by atoms with Crippen molar-refractivity contribution in [2.24, 2.45) is 4.99 Å². The van der Waals surface area contributed by atoms with Crippen molar-refractivity contribution in [3.63, 3.8) is 0 Å². The molecule has 0 spiro atoms. The van der Waals surface area contributed by atoms with Gasteiger partial charge in [0.1, 0.15) is 0 Å². The van der Waals surface area contributed by atoms with Crippen LogP contribution >= 0.6 is 0 Å². The van der Waals surface area contributed by atoms with Gasteiger partial charge in [-0.05, 0) is 35.8 Å². The highest BCUT2D eigenvalue weighted by atomic mass is 14.7. The van der Waals surface area contributed by atoms with E-state index in [1.54, 1.807) is 0 Å². The number of para-hydroxylation sites is 1. The minimum atomic E-state index is 0.984. The normalized spacial score (nSPS) is 11.9. The molecular weight excluding hydrogens is 218 g/mol. The summed E-state index contributed by atoms with van der Waals surface area (Å²) in [5.74, 6) is 0. The Morgan fingerprint density at radius 2 is 1.56 bits per heavy atom. The van der Waals surface area contributed by atoms with Gasteiger partial charge >= 0.3 is 0 Å². The van der Waals surface area contributed by atoms with E-state index in [-0.39, 0.29) is 0 Å². The largest absolute Gasteiger partial charge is 0.257 e. The van der Waals surface area contributed by atoms with Gasteiger partial charge in [0.2, 0.25) is 0 Å². The number of hydrogen-bond acceptors (Lipinski definition) is 1. The molecule has 0 aliphatic heterocycles. The molecule has 0 atom stereocenters. The maximum absolute atomic E-state index is 4.42. The van der Waals surface area contributed by atoms with Crippen LogP contribution in [0.4, 0.5) is 5.69 Å². The Bertz CT molecular complexity index is 524. The molecule has 0 saturated carbocycles. The van der Waals surface area contributed by atoms with Gasteiger partial charge in [-0.2, -0.15) is 0 Å². The molecule has 18 heavy (non-hydrogen) atoms. The summed E-state index contributed by atoms with van der Waals surface area (Å²) in [5.41, 5.74) is 3.55. The SMILES string of the molecule is CC/C(=C/C=Nc1ccccc1)c1ccccc1. The number of allylic oxidation sites excluding steroid dienone is 2. The van der Waals surface area contributed by atoms with E-state index >= 15 is 0 Å². The van der Waals surface area contributed by atoms with E-state index in [9.17, 15) is 0 Å². The molecule has 0 unspecified atom stereocenters. The van der Waals surface area contributed by atoms with Gasteiger partial charge < -0.3 is 0 Å². The first-order valence-corrected chi connectivity index (χ1v) is 6.24. The molecule has 0 N–H and O–H groups in total. The fraction of sp³-hybridized carbons (Fsp3) is 0.118. The zero-order valence-electron chi connectivity index (χ0n) is 10.6. The number of nitrogens with zero attached hydrogens (tertiary/aromatic N) is 1. The third kappa shape index (κ3) is 3.42. The average molecular weight is 235 g/mol. The van der Waals surface area contributed by atoms with Crippen LogP contribution < -0.4 is 0 Å². The predicted octanol–water partition coefficient (Wildman–Crippen LogP) is 4.88. The molecule has 2 rings (SSSR count). The molecule has 0 aromatic heterocycles. The number of benzene rings is 2. The lowest BCUT2D eigenvalue weighted by Crippen LogP contribution is -1.82. The monoisotopic (exact) mass is 235 g/mol. The van der Waals surface area contributed by atoms with E-state index in [1.165, 1.54) is 11.1 Å². The summed E-state index contributed by atoms with van der Waals surface area (Å²) in [7, 11) is 0. The quantitative estimate of drug-likeness (QED) is 0.669. The number of rotatable bonds is 4. The Labute approximate surface area is 109 Å². The summed E-state index contributed by atoms with van der Waals surface area (Å²) in [6, 6.07) is 20.4. The Balaban J connectivity index is 2.14. The van der Waals surface area contributed by atoms with Gasteiger partial charge in [0.15, 0.2) is 0 Å². The molecule has 0 fully saturated rings. The van der Waals surface area contributed by atoms with Crippen LogP contribution in [-0.2, 0) is 0 Å². The Morgan fingerprint density at radius 3 is 2.17 bits per heavy atom. The lowest BCUT2D eigenvalue weighted by molar-refractivity contribution is 1.24. The van der Waals surface area contributed by atoms with E-state index < -0.39 is 0 Å². The lowest BCUT2D eigenvalue weighted by Gasteiger charge is -2.02. The fourth-order valence-corrected chi connectivity index (χ4v) is 1.80. The Morgan fingerprint density at radius 1 is 0.944 bits per heavy atom. The smallest absolute Gasteiger partial charge is 0.0629 e. The van der Waals surface area contributed by atoms with Crippen LogP contribution in [0.2, 0.25) is 0 Å². The molecule has 90 valence electrons. The summed E-state index contributed by atoms with van der Waals surface area (Å²) >= 11 is 0. The van der Waals surface area contributed by atoms with Crippen molar-refractivity contribution in [2.45, 2.75) is 13.3 Å². The van der Waals surface area contributed by atoms with Crippen molar-refractivity contribution in [2.75, 3.05) is 0 Å². The number of hydrogen-bond donors (Lipinski definition) is 0. The average Bonchev–Trinajstić information content (AvgIpc) is 2.46. The first-order chi connectivity index (χ1) is 8.90. The molecule has 0 saturated heterocycles. The first-order valence-electron chi connectivity index (χ1n) is 6.24. The Kier molecular flexibility index (Phi) is 4.48. The van der Waals surface area contributed by atoms with Gasteiger partial charge in [-0.3, -0.25) is 4.99 Å². The summed E-state index contributed by atoms with van der Waals surface area (Å²) in [6.45, 7) is 2.16. The molecule has 0 heterocycles. The van der Waals surface area contributed by atoms with Crippen LogP contribution in [0, 0.1) is 0 Å². The standard InChI is InChI=1S/C17H17N/c1-2-15(16-9-5-3-6-10-16)13-14-18-17-11-7-4-8-12-17/h3-14H,2H2,1H3/b15-13-,18-14?. The van der Waals surface area contributed by atoms with Crippen molar-refractivity contribution in [3.8, 4) is 0 Å². The van der Waals surface area contributed by atoms with Crippen molar-refractivity contribution >= 4 is 17.5 Å². The zero-order valence-corrected chi connectivity index (χ0v) is 10.6. The van der Waals surface area contributed by atoms with Crippen molar-refractivity contribution in [1.29, 1.82) is 0 Å². The molecule has 1 nitrogen and oxygen atoms in total. The highest BCUT2D eigenvalue weighted by molar-refractivity contribution is 5.85. The third-order valence-electron chi connectivity index (χ3n) is 2.78. The van der Waals surface area contributed by atoms with Gasteiger partial charge in [-0.25, -0.2) is 0 Å². The van der Waals surface area contributed by atoms with Gasteiger partial charge in [0, 0.05) is 6.21 Å². The van der Waals surface area contributed by atoms with Gasteiger partial charge in [-0.15, -0.1) is 0 Å². The fourth-order valence-electron chi connectivity index (χ4n) is 1.80. The van der Waals surface area contributed by atoms with E-state index in [4.69, 9.17) is 0 Å². The van der Waals surface area contributed by atoms with Crippen LogP contribution in [0.1, 0.15) is 18.9 Å². The van der Waals surface area contributed by atoms with E-state index in [2.05, 4.69) is 42.3 Å². The van der Waals surface area contributed by atoms with Crippen LogP contribution in [0.3, 0.4) is 0 Å². The van der Waals surface area contributed by atoms with Crippen LogP contribution in [0.25, 0.3) is 5.57 Å². The molecule has 2 aromatic rings. The molecule has 0 aliphatic carbocycles. The minimum absolute atomic E-state index is 0.984. The predicted molar refractivity (Wildman–Crippen MR) is 79.3 cm³/mol. The highest BCUT2D eigenvalue weighted by Crippen LogP contribution is 2.17. The summed E-state index contributed by atoms with van der Waals surface area (Å²) in [4.78, 5) is 4.42. The van der Waals surface area contributed by atoms with E-state index in [0.717, 1.165) is 12.1 Å². The van der Waals surface area contributed by atoms with Crippen LogP contribution in [0.5, 0.6) is 0 Å². The highest BCUT2D eigenvalue weighted by Gasteiger charge is 1.95. The maximum atomic E-state index is 4.42. The third-order valence-corrected chi connectivity index (χ3v) is 2.78. The summed E-state index contributed by atoms with van der Waals surface area (Å²) < 4.78 is 0. The summed E-state index contributed by atoms with van der Waals surface area (Å²) in [6.07, 6.45) is 4.97. The van der Waals surface area contributed by atoms with Crippen molar-refractivity contribution < 1.29 is 0 Å². The Hall–Kier alpha value is -2.15. The molecule has 2 aromatic carbocycles. The van der Waals surface area contributed by atoms with Gasteiger partial charge in [-0.1, -0.05) is 55.5 Å². The second kappa shape index (κ2) is 6.55. The topological polar surface area (TPSA) is 12.4 Å².